The summed E-state index contributed by atoms with van der Waals surface area (Å²) in [4.78, 5) is 12.0. The zero-order valence-electron chi connectivity index (χ0n) is 10.2. The lowest BCUT2D eigenvalue weighted by Crippen LogP contribution is -2.25. The van der Waals surface area contributed by atoms with Crippen molar-refractivity contribution in [3.05, 3.63) is 21.0 Å². The highest BCUT2D eigenvalue weighted by atomic mass is 79.9. The first-order valence-corrected chi connectivity index (χ1v) is 6.86. The Labute approximate surface area is 110 Å². The summed E-state index contributed by atoms with van der Waals surface area (Å²) in [6.45, 7) is 5.85. The molecule has 1 heterocycles. The van der Waals surface area contributed by atoms with Crippen LogP contribution in [0, 0.1) is 11.8 Å². The van der Waals surface area contributed by atoms with Gasteiger partial charge >= 0.3 is 0 Å². The first-order chi connectivity index (χ1) is 8.08. The number of anilines is 1. The van der Waals surface area contributed by atoms with Gasteiger partial charge in [0.05, 0.1) is 11.9 Å². The average molecular weight is 300 g/mol. The first kappa shape index (κ1) is 12.6. The molecule has 0 bridgehead atoms. The van der Waals surface area contributed by atoms with Gasteiger partial charge in [0, 0.05) is 13.1 Å². The van der Waals surface area contributed by atoms with E-state index in [2.05, 4.69) is 40.2 Å². The van der Waals surface area contributed by atoms with Crippen LogP contribution in [0.4, 0.5) is 5.69 Å². The van der Waals surface area contributed by atoms with E-state index in [9.17, 15) is 4.79 Å². The van der Waals surface area contributed by atoms with E-state index in [1.54, 1.807) is 10.9 Å². The average Bonchev–Trinajstić information content (AvgIpc) is 3.07. The molecule has 0 saturated heterocycles. The third-order valence-electron chi connectivity index (χ3n) is 2.81. The zero-order chi connectivity index (χ0) is 12.4. The van der Waals surface area contributed by atoms with E-state index >= 15 is 0 Å². The molecule has 0 atom stereocenters. The van der Waals surface area contributed by atoms with Crippen LogP contribution in [0.2, 0.25) is 0 Å². The molecule has 0 radical (unpaired) electrons. The van der Waals surface area contributed by atoms with Gasteiger partial charge in [-0.3, -0.25) is 4.79 Å². The van der Waals surface area contributed by atoms with Gasteiger partial charge in [0.15, 0.2) is 0 Å². The van der Waals surface area contributed by atoms with Crippen LogP contribution < -0.4 is 10.9 Å². The number of rotatable bonds is 5. The Balaban J connectivity index is 2.13. The summed E-state index contributed by atoms with van der Waals surface area (Å²) in [7, 11) is 0. The minimum Gasteiger partial charge on any atom is -0.382 e. The molecule has 2 rings (SSSR count). The number of nitrogens with one attached hydrogen (secondary N) is 1. The topological polar surface area (TPSA) is 46.9 Å². The van der Waals surface area contributed by atoms with Crippen LogP contribution >= 0.6 is 15.9 Å². The van der Waals surface area contributed by atoms with Crippen molar-refractivity contribution in [1.29, 1.82) is 0 Å². The zero-order valence-corrected chi connectivity index (χ0v) is 11.8. The van der Waals surface area contributed by atoms with Crippen molar-refractivity contribution < 1.29 is 0 Å². The Morgan fingerprint density at radius 3 is 2.88 bits per heavy atom. The van der Waals surface area contributed by atoms with Crippen molar-refractivity contribution in [1.82, 2.24) is 9.78 Å². The lowest BCUT2D eigenvalue weighted by atomic mass is 10.2. The second-order valence-electron chi connectivity index (χ2n) is 5.08. The van der Waals surface area contributed by atoms with Crippen LogP contribution in [-0.4, -0.2) is 16.3 Å². The lowest BCUT2D eigenvalue weighted by Gasteiger charge is -2.11. The summed E-state index contributed by atoms with van der Waals surface area (Å²) in [6, 6.07) is 0. The molecule has 17 heavy (non-hydrogen) atoms. The molecule has 0 amide bonds. The SMILES string of the molecule is CC(C)CNc1cnn(CC2CC2)c(=O)c1Br. The smallest absolute Gasteiger partial charge is 0.283 e. The van der Waals surface area contributed by atoms with Gasteiger partial charge in [-0.25, -0.2) is 4.68 Å². The molecule has 0 aliphatic heterocycles. The third kappa shape index (κ3) is 3.31. The van der Waals surface area contributed by atoms with E-state index in [-0.39, 0.29) is 5.56 Å². The summed E-state index contributed by atoms with van der Waals surface area (Å²) in [5, 5.41) is 7.44. The first-order valence-electron chi connectivity index (χ1n) is 6.07. The third-order valence-corrected chi connectivity index (χ3v) is 3.58. The highest BCUT2D eigenvalue weighted by Crippen LogP contribution is 2.30. The summed E-state index contributed by atoms with van der Waals surface area (Å²) < 4.78 is 2.15. The van der Waals surface area contributed by atoms with Crippen LogP contribution in [0.5, 0.6) is 0 Å². The highest BCUT2D eigenvalue weighted by molar-refractivity contribution is 9.10. The van der Waals surface area contributed by atoms with Gasteiger partial charge in [-0.2, -0.15) is 5.10 Å². The fourth-order valence-electron chi connectivity index (χ4n) is 1.58. The van der Waals surface area contributed by atoms with Crippen LogP contribution in [-0.2, 0) is 6.54 Å². The molecule has 1 aromatic heterocycles. The molecule has 0 aromatic carbocycles. The van der Waals surface area contributed by atoms with E-state index in [1.807, 2.05) is 0 Å². The highest BCUT2D eigenvalue weighted by Gasteiger charge is 2.23. The fourth-order valence-corrected chi connectivity index (χ4v) is 2.02. The molecule has 1 aliphatic rings. The number of aromatic nitrogens is 2. The minimum absolute atomic E-state index is 0.0364. The molecule has 94 valence electrons. The number of nitrogens with zero attached hydrogens (tertiary/aromatic N) is 2. The number of hydrogen-bond acceptors (Lipinski definition) is 3. The molecule has 1 fully saturated rings. The Morgan fingerprint density at radius 1 is 1.59 bits per heavy atom. The maximum absolute atomic E-state index is 12.0. The van der Waals surface area contributed by atoms with Crippen LogP contribution in [0.25, 0.3) is 0 Å². The molecular formula is C12H18BrN3O. The van der Waals surface area contributed by atoms with Crippen LogP contribution in [0.3, 0.4) is 0 Å². The predicted molar refractivity (Wildman–Crippen MR) is 72.2 cm³/mol. The van der Waals surface area contributed by atoms with Crippen molar-refractivity contribution in [2.24, 2.45) is 11.8 Å². The van der Waals surface area contributed by atoms with Gasteiger partial charge in [0.25, 0.3) is 5.56 Å². The molecule has 0 spiro atoms. The van der Waals surface area contributed by atoms with E-state index in [0.717, 1.165) is 18.8 Å². The Kier molecular flexibility index (Phi) is 3.86. The normalized spacial score (nSPS) is 15.3. The maximum atomic E-state index is 12.0. The lowest BCUT2D eigenvalue weighted by molar-refractivity contribution is 0.531. The Bertz CT molecular complexity index is 452. The van der Waals surface area contributed by atoms with Crippen molar-refractivity contribution in [3.63, 3.8) is 0 Å². The molecule has 1 aromatic rings. The summed E-state index contributed by atoms with van der Waals surface area (Å²) in [6.07, 6.45) is 4.18. The summed E-state index contributed by atoms with van der Waals surface area (Å²) >= 11 is 3.36. The van der Waals surface area contributed by atoms with Gasteiger partial charge in [0.1, 0.15) is 4.47 Å². The van der Waals surface area contributed by atoms with Crippen LogP contribution in [0.1, 0.15) is 26.7 Å². The molecule has 5 heteroatoms. The Hall–Kier alpha value is -0.840. The van der Waals surface area contributed by atoms with Crippen molar-refractivity contribution >= 4 is 21.6 Å². The largest absolute Gasteiger partial charge is 0.382 e. The van der Waals surface area contributed by atoms with Gasteiger partial charge in [-0.1, -0.05) is 13.8 Å². The van der Waals surface area contributed by atoms with Crippen molar-refractivity contribution in [2.45, 2.75) is 33.2 Å². The molecule has 1 aliphatic carbocycles. The molecule has 4 nitrogen and oxygen atoms in total. The monoisotopic (exact) mass is 299 g/mol. The molecule has 1 N–H and O–H groups in total. The molecule has 0 unspecified atom stereocenters. The predicted octanol–water partition coefficient (Wildman–Crippen LogP) is 2.48. The van der Waals surface area contributed by atoms with E-state index < -0.39 is 0 Å². The summed E-state index contributed by atoms with van der Waals surface area (Å²) in [5.74, 6) is 1.19. The van der Waals surface area contributed by atoms with Gasteiger partial charge < -0.3 is 5.32 Å². The minimum atomic E-state index is -0.0364. The standard InChI is InChI=1S/C12H18BrN3O/c1-8(2)5-14-10-6-15-16(7-9-3-4-9)12(17)11(10)13/h6,8-9,14H,3-5,7H2,1-2H3. The van der Waals surface area contributed by atoms with E-state index in [0.29, 0.717) is 16.3 Å². The Morgan fingerprint density at radius 2 is 2.29 bits per heavy atom. The maximum Gasteiger partial charge on any atom is 0.283 e. The van der Waals surface area contributed by atoms with E-state index in [1.165, 1.54) is 12.8 Å². The van der Waals surface area contributed by atoms with Crippen molar-refractivity contribution in [3.8, 4) is 0 Å². The number of hydrogen-bond donors (Lipinski definition) is 1. The summed E-state index contributed by atoms with van der Waals surface area (Å²) in [5.41, 5.74) is 0.751. The second-order valence-corrected chi connectivity index (χ2v) is 5.87. The fraction of sp³-hybridized carbons (Fsp3) is 0.667. The van der Waals surface area contributed by atoms with Gasteiger partial charge in [-0.05, 0) is 40.6 Å². The quantitative estimate of drug-likeness (QED) is 0.909. The van der Waals surface area contributed by atoms with Gasteiger partial charge in [0.2, 0.25) is 0 Å². The molecular weight excluding hydrogens is 282 g/mol. The van der Waals surface area contributed by atoms with Crippen LogP contribution in [0.15, 0.2) is 15.5 Å². The van der Waals surface area contributed by atoms with E-state index in [4.69, 9.17) is 0 Å². The van der Waals surface area contributed by atoms with Gasteiger partial charge in [-0.15, -0.1) is 0 Å². The number of halogens is 1. The second kappa shape index (κ2) is 5.21. The van der Waals surface area contributed by atoms with Crippen molar-refractivity contribution in [2.75, 3.05) is 11.9 Å². The molecule has 1 saturated carbocycles.